The Bertz CT molecular complexity index is 882. The molecule has 0 fully saturated rings. The highest BCUT2D eigenvalue weighted by atomic mass is 19.4. The number of para-hydroxylation sites is 1. The van der Waals surface area contributed by atoms with Crippen LogP contribution in [0, 0.1) is 13.8 Å². The maximum atomic E-state index is 13.0. The lowest BCUT2D eigenvalue weighted by Crippen LogP contribution is -2.40. The van der Waals surface area contributed by atoms with E-state index in [-0.39, 0.29) is 25.4 Å². The van der Waals surface area contributed by atoms with Crippen LogP contribution >= 0.6 is 0 Å². The molecule has 8 heteroatoms. The molecular formula is C21H23F3N2O3. The number of aryl methyl sites for hydroxylation is 2. The molecule has 2 aromatic rings. The second-order valence-corrected chi connectivity index (χ2v) is 6.53. The molecule has 0 aliphatic rings. The number of alkyl halides is 3. The molecule has 0 unspecified atom stereocenters. The molecule has 0 atom stereocenters. The van der Waals surface area contributed by atoms with Crippen LogP contribution < -0.4 is 10.1 Å². The molecule has 2 rings (SSSR count). The number of hydrogen-bond donors (Lipinski definition) is 1. The van der Waals surface area contributed by atoms with Crippen molar-refractivity contribution >= 4 is 17.5 Å². The van der Waals surface area contributed by atoms with Crippen LogP contribution in [0.5, 0.6) is 5.75 Å². The first-order valence-corrected chi connectivity index (χ1v) is 9.05. The molecule has 5 nitrogen and oxygen atoms in total. The van der Waals surface area contributed by atoms with E-state index in [1.54, 1.807) is 19.1 Å². The van der Waals surface area contributed by atoms with Crippen molar-refractivity contribution in [3.05, 3.63) is 59.2 Å². The Morgan fingerprint density at radius 3 is 2.38 bits per heavy atom. The smallest absolute Gasteiger partial charge is 0.418 e. The summed E-state index contributed by atoms with van der Waals surface area (Å²) < 4.78 is 44.6. The summed E-state index contributed by atoms with van der Waals surface area (Å²) in [5.41, 5.74) is 0.820. The largest absolute Gasteiger partial charge is 0.484 e. The maximum Gasteiger partial charge on any atom is 0.418 e. The molecule has 156 valence electrons. The van der Waals surface area contributed by atoms with Crippen LogP contribution in [-0.4, -0.2) is 36.4 Å². The Balaban J connectivity index is 1.97. The number of likely N-dealkylation sites (N-methyl/N-ethyl adjacent to an activating group) is 1. The van der Waals surface area contributed by atoms with Crippen molar-refractivity contribution < 1.29 is 27.5 Å². The Hall–Kier alpha value is -3.03. The van der Waals surface area contributed by atoms with Gasteiger partial charge in [-0.25, -0.2) is 0 Å². The first-order valence-electron chi connectivity index (χ1n) is 9.05. The lowest BCUT2D eigenvalue weighted by atomic mass is 10.1. The number of halogens is 3. The third-order valence-electron chi connectivity index (χ3n) is 4.42. The van der Waals surface area contributed by atoms with Crippen LogP contribution in [0.4, 0.5) is 18.9 Å². The number of carbonyl (C=O) groups excluding carboxylic acids is 2. The summed E-state index contributed by atoms with van der Waals surface area (Å²) >= 11 is 0. The highest BCUT2D eigenvalue weighted by molar-refractivity contribution is 5.95. The average Bonchev–Trinajstić information content (AvgIpc) is 2.66. The summed E-state index contributed by atoms with van der Waals surface area (Å²) in [7, 11) is 0. The molecule has 29 heavy (non-hydrogen) atoms. The Morgan fingerprint density at radius 2 is 1.76 bits per heavy atom. The lowest BCUT2D eigenvalue weighted by molar-refractivity contribution is -0.137. The number of carbonyl (C=O) groups is 2. The van der Waals surface area contributed by atoms with Gasteiger partial charge >= 0.3 is 6.18 Å². The van der Waals surface area contributed by atoms with E-state index in [0.717, 1.165) is 17.2 Å². The molecule has 0 radical (unpaired) electrons. The first-order chi connectivity index (χ1) is 13.6. The molecular weight excluding hydrogens is 385 g/mol. The van der Waals surface area contributed by atoms with E-state index in [0.29, 0.717) is 5.75 Å². The van der Waals surface area contributed by atoms with Crippen LogP contribution in [0.15, 0.2) is 42.5 Å². The minimum absolute atomic E-state index is 0.212. The van der Waals surface area contributed by atoms with Crippen LogP contribution in [0.25, 0.3) is 0 Å². The van der Waals surface area contributed by atoms with Gasteiger partial charge in [-0.05, 0) is 56.2 Å². The van der Waals surface area contributed by atoms with Gasteiger partial charge in [-0.2, -0.15) is 13.2 Å². The fraction of sp³-hybridized carbons (Fsp3) is 0.333. The van der Waals surface area contributed by atoms with Gasteiger partial charge in [0, 0.05) is 6.54 Å². The molecule has 0 heterocycles. The Morgan fingerprint density at radius 1 is 1.07 bits per heavy atom. The number of amides is 2. The minimum Gasteiger partial charge on any atom is -0.484 e. The number of benzene rings is 2. The van der Waals surface area contributed by atoms with Crippen molar-refractivity contribution in [3.63, 3.8) is 0 Å². The average molecular weight is 408 g/mol. The van der Waals surface area contributed by atoms with Gasteiger partial charge in [0.2, 0.25) is 5.91 Å². The third kappa shape index (κ3) is 6.23. The SMILES string of the molecule is CCN(CC(=O)Nc1ccccc1C(F)(F)F)C(=O)COc1ccc(C)c(C)c1. The van der Waals surface area contributed by atoms with E-state index in [9.17, 15) is 22.8 Å². The summed E-state index contributed by atoms with van der Waals surface area (Å²) in [5.74, 6) is -0.630. The highest BCUT2D eigenvalue weighted by Crippen LogP contribution is 2.34. The number of rotatable bonds is 7. The second kappa shape index (κ2) is 9.45. The van der Waals surface area contributed by atoms with Gasteiger partial charge in [-0.3, -0.25) is 9.59 Å². The normalized spacial score (nSPS) is 11.1. The third-order valence-corrected chi connectivity index (χ3v) is 4.42. The van der Waals surface area contributed by atoms with Gasteiger partial charge < -0.3 is 15.0 Å². The fourth-order valence-electron chi connectivity index (χ4n) is 2.62. The summed E-state index contributed by atoms with van der Waals surface area (Å²) in [6.07, 6.45) is -4.59. The Kier molecular flexibility index (Phi) is 7.25. The van der Waals surface area contributed by atoms with Crippen molar-refractivity contribution in [1.29, 1.82) is 0 Å². The Labute approximate surface area is 167 Å². The van der Waals surface area contributed by atoms with Crippen molar-refractivity contribution in [3.8, 4) is 5.75 Å². The zero-order valence-electron chi connectivity index (χ0n) is 16.5. The molecule has 0 saturated carbocycles. The number of hydrogen-bond acceptors (Lipinski definition) is 3. The zero-order valence-corrected chi connectivity index (χ0v) is 16.5. The summed E-state index contributed by atoms with van der Waals surface area (Å²) in [6.45, 7) is 5.11. The minimum atomic E-state index is -4.59. The zero-order chi connectivity index (χ0) is 21.6. The predicted octanol–water partition coefficient (Wildman–Crippen LogP) is 4.19. The number of ether oxygens (including phenoxy) is 1. The van der Waals surface area contributed by atoms with Gasteiger partial charge in [0.05, 0.1) is 17.8 Å². The number of nitrogens with zero attached hydrogens (tertiary/aromatic N) is 1. The van der Waals surface area contributed by atoms with Gasteiger partial charge in [-0.1, -0.05) is 18.2 Å². The monoisotopic (exact) mass is 408 g/mol. The fourth-order valence-corrected chi connectivity index (χ4v) is 2.62. The molecule has 1 N–H and O–H groups in total. The van der Waals surface area contributed by atoms with E-state index in [1.165, 1.54) is 23.1 Å². The van der Waals surface area contributed by atoms with E-state index in [1.807, 2.05) is 19.9 Å². The topological polar surface area (TPSA) is 58.6 Å². The number of nitrogens with one attached hydrogen (secondary N) is 1. The predicted molar refractivity (Wildman–Crippen MR) is 104 cm³/mol. The van der Waals surface area contributed by atoms with Gasteiger partial charge in [0.15, 0.2) is 6.61 Å². The van der Waals surface area contributed by atoms with Crippen molar-refractivity contribution in [2.45, 2.75) is 26.9 Å². The molecule has 2 aromatic carbocycles. The van der Waals surface area contributed by atoms with Crippen LogP contribution in [0.2, 0.25) is 0 Å². The molecule has 0 aliphatic carbocycles. The molecule has 0 aliphatic heterocycles. The molecule has 0 aromatic heterocycles. The molecule has 2 amide bonds. The lowest BCUT2D eigenvalue weighted by Gasteiger charge is -2.21. The van der Waals surface area contributed by atoms with Gasteiger partial charge in [-0.15, -0.1) is 0 Å². The first kappa shape index (κ1) is 22.3. The molecule has 0 spiro atoms. The van der Waals surface area contributed by atoms with Crippen molar-refractivity contribution in [1.82, 2.24) is 4.90 Å². The summed E-state index contributed by atoms with van der Waals surface area (Å²) in [5, 5.41) is 2.23. The quantitative estimate of drug-likeness (QED) is 0.748. The second-order valence-electron chi connectivity index (χ2n) is 6.53. The van der Waals surface area contributed by atoms with E-state index in [2.05, 4.69) is 5.32 Å². The van der Waals surface area contributed by atoms with Crippen LogP contribution in [0.1, 0.15) is 23.6 Å². The molecule has 0 saturated heterocycles. The van der Waals surface area contributed by atoms with E-state index < -0.39 is 23.6 Å². The molecule has 0 bridgehead atoms. The van der Waals surface area contributed by atoms with Gasteiger partial charge in [0.1, 0.15) is 5.75 Å². The summed E-state index contributed by atoms with van der Waals surface area (Å²) in [6, 6.07) is 10.1. The highest BCUT2D eigenvalue weighted by Gasteiger charge is 2.33. The standard InChI is InChI=1S/C21H23F3N2O3/c1-4-26(20(28)13-29-16-10-9-14(2)15(3)11-16)12-19(27)25-18-8-6-5-7-17(18)21(22,23)24/h5-11H,4,12-13H2,1-3H3,(H,25,27). The van der Waals surface area contributed by atoms with Crippen LogP contribution in [0.3, 0.4) is 0 Å². The van der Waals surface area contributed by atoms with E-state index >= 15 is 0 Å². The van der Waals surface area contributed by atoms with Crippen LogP contribution in [-0.2, 0) is 15.8 Å². The van der Waals surface area contributed by atoms with Crippen molar-refractivity contribution in [2.24, 2.45) is 0 Å². The maximum absolute atomic E-state index is 13.0. The summed E-state index contributed by atoms with van der Waals surface area (Å²) in [4.78, 5) is 25.8. The number of anilines is 1. The van der Waals surface area contributed by atoms with Crippen molar-refractivity contribution in [2.75, 3.05) is 25.0 Å². The van der Waals surface area contributed by atoms with E-state index in [4.69, 9.17) is 4.74 Å². The van der Waals surface area contributed by atoms with Gasteiger partial charge in [0.25, 0.3) is 5.91 Å².